The van der Waals surface area contributed by atoms with Crippen molar-refractivity contribution in [3.05, 3.63) is 125 Å². The smallest absolute Gasteiger partial charge is 0.174 e. The van der Waals surface area contributed by atoms with Gasteiger partial charge in [-0.1, -0.05) is 83.0 Å². The highest BCUT2D eigenvalue weighted by molar-refractivity contribution is 5.85. The van der Waals surface area contributed by atoms with Crippen molar-refractivity contribution in [2.75, 3.05) is 4.90 Å². The molecule has 0 fully saturated rings. The van der Waals surface area contributed by atoms with Crippen molar-refractivity contribution in [1.29, 1.82) is 10.5 Å². The molecule has 5 nitrogen and oxygen atoms in total. The molecule has 5 aromatic rings. The first-order valence-corrected chi connectivity index (χ1v) is 12.2. The Morgan fingerprint density at radius 1 is 0.684 bits per heavy atom. The fourth-order valence-corrected chi connectivity index (χ4v) is 4.27. The zero-order valence-corrected chi connectivity index (χ0v) is 21.1. The molecule has 0 aliphatic carbocycles. The molecule has 0 saturated carbocycles. The molecule has 0 unspecified atom stereocenters. The molecule has 5 heteroatoms. The van der Waals surface area contributed by atoms with Gasteiger partial charge in [0.1, 0.15) is 23.4 Å². The fourth-order valence-electron chi connectivity index (χ4n) is 4.27. The van der Waals surface area contributed by atoms with Crippen molar-refractivity contribution in [2.24, 2.45) is 0 Å². The summed E-state index contributed by atoms with van der Waals surface area (Å²) in [5.74, 6) is 0.508. The van der Waals surface area contributed by atoms with E-state index in [2.05, 4.69) is 72.4 Å². The normalized spacial score (nSPS) is 10.3. The molecule has 0 aliphatic heterocycles. The van der Waals surface area contributed by atoms with E-state index < -0.39 is 0 Å². The van der Waals surface area contributed by atoms with Crippen LogP contribution in [0.2, 0.25) is 0 Å². The van der Waals surface area contributed by atoms with Crippen molar-refractivity contribution < 1.29 is 4.52 Å². The predicted molar refractivity (Wildman–Crippen MR) is 151 cm³/mol. The summed E-state index contributed by atoms with van der Waals surface area (Å²) in [6.45, 7) is 4.15. The molecule has 0 atom stereocenters. The zero-order valence-electron chi connectivity index (χ0n) is 21.1. The SMILES string of the molecule is Cc1ccc(N(c2ccc(C)cc2)c2ccc(-c3noc(-c4ccccc4)c3C=C(C#N)C#N)cc2)cc1. The summed E-state index contributed by atoms with van der Waals surface area (Å²) < 4.78 is 5.74. The van der Waals surface area contributed by atoms with Gasteiger partial charge in [-0.15, -0.1) is 0 Å². The summed E-state index contributed by atoms with van der Waals surface area (Å²) in [6.07, 6.45) is 1.53. The highest BCUT2D eigenvalue weighted by atomic mass is 16.5. The van der Waals surface area contributed by atoms with E-state index in [0.29, 0.717) is 17.0 Å². The zero-order chi connectivity index (χ0) is 26.5. The van der Waals surface area contributed by atoms with Crippen LogP contribution in [0.25, 0.3) is 28.7 Å². The average Bonchev–Trinajstić information content (AvgIpc) is 3.38. The number of aromatic nitrogens is 1. The quantitative estimate of drug-likeness (QED) is 0.222. The Kier molecular flexibility index (Phi) is 6.85. The number of hydrogen-bond acceptors (Lipinski definition) is 5. The van der Waals surface area contributed by atoms with E-state index in [0.717, 1.165) is 28.2 Å². The minimum absolute atomic E-state index is 0.0202. The van der Waals surface area contributed by atoms with E-state index in [1.165, 1.54) is 17.2 Å². The van der Waals surface area contributed by atoms with Gasteiger partial charge >= 0.3 is 0 Å². The summed E-state index contributed by atoms with van der Waals surface area (Å²) in [5.41, 5.74) is 8.25. The molecule has 4 aromatic carbocycles. The molecule has 0 radical (unpaired) electrons. The van der Waals surface area contributed by atoms with Crippen molar-refractivity contribution in [3.8, 4) is 34.7 Å². The Hall–Kier alpha value is -5.39. The first-order chi connectivity index (χ1) is 18.6. The monoisotopic (exact) mass is 492 g/mol. The number of anilines is 3. The van der Waals surface area contributed by atoms with Crippen molar-refractivity contribution in [2.45, 2.75) is 13.8 Å². The van der Waals surface area contributed by atoms with Gasteiger partial charge in [-0.2, -0.15) is 10.5 Å². The lowest BCUT2D eigenvalue weighted by atomic mass is 10.00. The van der Waals surface area contributed by atoms with Crippen LogP contribution in [0.3, 0.4) is 0 Å². The topological polar surface area (TPSA) is 76.8 Å². The van der Waals surface area contributed by atoms with Crippen molar-refractivity contribution >= 4 is 23.1 Å². The molecule has 5 rings (SSSR count). The Labute approximate surface area is 222 Å². The second-order valence-corrected chi connectivity index (χ2v) is 8.98. The van der Waals surface area contributed by atoms with Crippen LogP contribution in [0, 0.1) is 36.5 Å². The highest BCUT2D eigenvalue weighted by Gasteiger charge is 2.19. The third-order valence-electron chi connectivity index (χ3n) is 6.28. The first kappa shape index (κ1) is 24.3. The van der Waals surface area contributed by atoms with Gasteiger partial charge in [-0.25, -0.2) is 0 Å². The van der Waals surface area contributed by atoms with Crippen molar-refractivity contribution in [1.82, 2.24) is 5.16 Å². The Bertz CT molecular complexity index is 1600. The summed E-state index contributed by atoms with van der Waals surface area (Å²) in [7, 11) is 0. The molecule has 0 aliphatic rings. The minimum Gasteiger partial charge on any atom is -0.355 e. The average molecular weight is 493 g/mol. The van der Waals surface area contributed by atoms with Gasteiger partial charge in [-0.3, -0.25) is 0 Å². The summed E-state index contributed by atoms with van der Waals surface area (Å²) in [6, 6.07) is 38.3. The number of nitriles is 2. The third-order valence-corrected chi connectivity index (χ3v) is 6.28. The van der Waals surface area contributed by atoms with E-state index in [1.54, 1.807) is 0 Å². The van der Waals surface area contributed by atoms with Crippen LogP contribution in [-0.4, -0.2) is 5.16 Å². The van der Waals surface area contributed by atoms with Gasteiger partial charge in [0.15, 0.2) is 5.76 Å². The second-order valence-electron chi connectivity index (χ2n) is 8.98. The molecule has 0 amide bonds. The molecule has 0 bridgehead atoms. The molecular weight excluding hydrogens is 468 g/mol. The van der Waals surface area contributed by atoms with Crippen LogP contribution in [0.1, 0.15) is 16.7 Å². The Balaban J connectivity index is 1.60. The van der Waals surface area contributed by atoms with E-state index in [4.69, 9.17) is 4.52 Å². The maximum absolute atomic E-state index is 9.40. The van der Waals surface area contributed by atoms with E-state index in [-0.39, 0.29) is 5.57 Å². The Morgan fingerprint density at radius 3 is 1.68 bits per heavy atom. The van der Waals surface area contributed by atoms with Gasteiger partial charge in [0.25, 0.3) is 0 Å². The lowest BCUT2D eigenvalue weighted by molar-refractivity contribution is 0.435. The highest BCUT2D eigenvalue weighted by Crippen LogP contribution is 2.38. The number of benzene rings is 4. The van der Waals surface area contributed by atoms with Crippen LogP contribution in [-0.2, 0) is 0 Å². The van der Waals surface area contributed by atoms with Gasteiger partial charge in [-0.05, 0) is 56.3 Å². The minimum atomic E-state index is -0.0202. The molecule has 1 heterocycles. The Morgan fingerprint density at radius 2 is 1.18 bits per heavy atom. The van der Waals surface area contributed by atoms with E-state index >= 15 is 0 Å². The van der Waals surface area contributed by atoms with Gasteiger partial charge in [0.05, 0.1) is 5.56 Å². The molecular formula is C33H24N4O. The van der Waals surface area contributed by atoms with Crippen LogP contribution in [0.15, 0.2) is 113 Å². The maximum atomic E-state index is 9.40. The molecule has 1 aromatic heterocycles. The lowest BCUT2D eigenvalue weighted by Crippen LogP contribution is -2.09. The van der Waals surface area contributed by atoms with E-state index in [9.17, 15) is 10.5 Å². The number of nitrogens with zero attached hydrogens (tertiary/aromatic N) is 4. The third kappa shape index (κ3) is 4.95. The molecule has 0 saturated heterocycles. The number of aryl methyl sites for hydroxylation is 2. The largest absolute Gasteiger partial charge is 0.355 e. The van der Waals surface area contributed by atoms with Crippen LogP contribution >= 0.6 is 0 Å². The molecule has 0 spiro atoms. The van der Waals surface area contributed by atoms with Crippen LogP contribution < -0.4 is 4.90 Å². The summed E-state index contributed by atoms with van der Waals surface area (Å²) >= 11 is 0. The molecule has 182 valence electrons. The van der Waals surface area contributed by atoms with Crippen molar-refractivity contribution in [3.63, 3.8) is 0 Å². The lowest BCUT2D eigenvalue weighted by Gasteiger charge is -2.26. The number of rotatable bonds is 6. The molecule has 38 heavy (non-hydrogen) atoms. The first-order valence-electron chi connectivity index (χ1n) is 12.2. The van der Waals surface area contributed by atoms with E-state index in [1.807, 2.05) is 66.7 Å². The van der Waals surface area contributed by atoms with Gasteiger partial charge in [0.2, 0.25) is 0 Å². The van der Waals surface area contributed by atoms with Crippen LogP contribution in [0.5, 0.6) is 0 Å². The maximum Gasteiger partial charge on any atom is 0.174 e. The number of allylic oxidation sites excluding steroid dienone is 1. The predicted octanol–water partition coefficient (Wildman–Crippen LogP) is 8.53. The second kappa shape index (κ2) is 10.7. The molecule has 0 N–H and O–H groups in total. The standard InChI is InChI=1S/C33H24N4O/c1-23-8-14-28(15-9-23)37(29-16-10-24(2)11-17-29)30-18-12-26(13-19-30)32-31(20-25(21-34)22-35)33(38-36-32)27-6-4-3-5-7-27/h3-20H,1-2H3. The van der Waals surface area contributed by atoms with Crippen LogP contribution in [0.4, 0.5) is 17.1 Å². The van der Waals surface area contributed by atoms with Gasteiger partial charge < -0.3 is 9.42 Å². The fraction of sp³-hybridized carbons (Fsp3) is 0.0606. The summed E-state index contributed by atoms with van der Waals surface area (Å²) in [5, 5.41) is 23.1. The summed E-state index contributed by atoms with van der Waals surface area (Å²) in [4.78, 5) is 2.20. The number of hydrogen-bond donors (Lipinski definition) is 0. The van der Waals surface area contributed by atoms with Gasteiger partial charge in [0, 0.05) is 28.2 Å².